The second-order valence-electron chi connectivity index (χ2n) is 4.74. The van der Waals surface area contributed by atoms with Crippen molar-refractivity contribution in [2.24, 2.45) is 0 Å². The van der Waals surface area contributed by atoms with Gasteiger partial charge in [-0.3, -0.25) is 0 Å². The number of allylic oxidation sites excluding steroid dienone is 1. The molecule has 0 bridgehead atoms. The van der Waals surface area contributed by atoms with Crippen LogP contribution in [0, 0.1) is 18.3 Å². The highest BCUT2D eigenvalue weighted by Gasteiger charge is 2.11. The fourth-order valence-corrected chi connectivity index (χ4v) is 1.75. The minimum Gasteiger partial charge on any atom is -0.368 e. The molecule has 2 N–H and O–H groups in total. The first-order valence-corrected chi connectivity index (χ1v) is 6.38. The number of nitrogens with zero attached hydrogens (tertiary/aromatic N) is 5. The van der Waals surface area contributed by atoms with Crippen LogP contribution in [0.3, 0.4) is 0 Å². The zero-order valence-corrected chi connectivity index (χ0v) is 12.2. The van der Waals surface area contributed by atoms with Gasteiger partial charge >= 0.3 is 0 Å². The summed E-state index contributed by atoms with van der Waals surface area (Å²) in [4.78, 5) is 14.0. The van der Waals surface area contributed by atoms with Gasteiger partial charge in [0.05, 0.1) is 5.57 Å². The molecule has 0 atom stereocenters. The fourth-order valence-electron chi connectivity index (χ4n) is 1.75. The van der Waals surface area contributed by atoms with Crippen molar-refractivity contribution in [3.63, 3.8) is 0 Å². The second-order valence-corrected chi connectivity index (χ2v) is 4.74. The maximum atomic E-state index is 9.38. The Kier molecular flexibility index (Phi) is 4.14. The van der Waals surface area contributed by atoms with Crippen LogP contribution in [0.4, 0.5) is 11.9 Å². The molecule has 1 aromatic carbocycles. The monoisotopic (exact) mass is 280 g/mol. The van der Waals surface area contributed by atoms with Gasteiger partial charge in [-0.25, -0.2) is 0 Å². The molecule has 0 fully saturated rings. The number of nitriles is 1. The van der Waals surface area contributed by atoms with E-state index >= 15 is 0 Å². The van der Waals surface area contributed by atoms with Gasteiger partial charge in [0, 0.05) is 14.1 Å². The first-order valence-electron chi connectivity index (χ1n) is 6.38. The molecule has 1 aromatic heterocycles. The predicted molar refractivity (Wildman–Crippen MR) is 83.2 cm³/mol. The summed E-state index contributed by atoms with van der Waals surface area (Å²) in [6.07, 6.45) is 1.75. The van der Waals surface area contributed by atoms with Crippen LogP contribution in [0.2, 0.25) is 0 Å². The lowest BCUT2D eigenvalue weighted by Gasteiger charge is -2.11. The van der Waals surface area contributed by atoms with E-state index in [1.54, 1.807) is 25.1 Å². The number of hydrogen-bond donors (Lipinski definition) is 1. The molecule has 0 radical (unpaired) electrons. The smallest absolute Gasteiger partial charge is 0.230 e. The Morgan fingerprint density at radius 2 is 1.95 bits per heavy atom. The summed E-state index contributed by atoms with van der Waals surface area (Å²) in [6.45, 7) is 1.98. The van der Waals surface area contributed by atoms with Crippen molar-refractivity contribution in [1.29, 1.82) is 5.26 Å². The largest absolute Gasteiger partial charge is 0.368 e. The summed E-state index contributed by atoms with van der Waals surface area (Å²) in [6, 6.07) is 9.90. The Morgan fingerprint density at radius 3 is 2.57 bits per heavy atom. The van der Waals surface area contributed by atoms with Crippen LogP contribution in [0.5, 0.6) is 0 Å². The number of anilines is 2. The first kappa shape index (κ1) is 14.5. The van der Waals surface area contributed by atoms with Crippen LogP contribution in [0.1, 0.15) is 17.0 Å². The van der Waals surface area contributed by atoms with Crippen LogP contribution in [-0.2, 0) is 0 Å². The average molecular weight is 280 g/mol. The molecule has 0 saturated heterocycles. The maximum absolute atomic E-state index is 9.38. The van der Waals surface area contributed by atoms with Crippen molar-refractivity contribution < 1.29 is 0 Å². The van der Waals surface area contributed by atoms with E-state index in [2.05, 4.69) is 21.0 Å². The lowest BCUT2D eigenvalue weighted by Crippen LogP contribution is -2.15. The van der Waals surface area contributed by atoms with Crippen molar-refractivity contribution in [2.75, 3.05) is 24.7 Å². The fraction of sp³-hybridized carbons (Fsp3) is 0.200. The Bertz CT molecular complexity index is 727. The van der Waals surface area contributed by atoms with Crippen molar-refractivity contribution in [2.45, 2.75) is 6.92 Å². The van der Waals surface area contributed by atoms with Gasteiger partial charge < -0.3 is 10.6 Å². The topological polar surface area (TPSA) is 91.7 Å². The number of hydrogen-bond acceptors (Lipinski definition) is 6. The van der Waals surface area contributed by atoms with Gasteiger partial charge in [0.2, 0.25) is 11.9 Å². The molecule has 106 valence electrons. The average Bonchev–Trinajstić information content (AvgIpc) is 2.45. The number of aryl methyl sites for hydroxylation is 1. The summed E-state index contributed by atoms with van der Waals surface area (Å²) in [5, 5.41) is 9.38. The molecule has 21 heavy (non-hydrogen) atoms. The van der Waals surface area contributed by atoms with Gasteiger partial charge in [-0.15, -0.1) is 0 Å². The standard InChI is InChI=1S/C15H16N6/c1-10-6-4-5-7-11(10)8-12(9-16)13-18-14(17)20-15(19-13)21(2)3/h4-8H,1-3H3,(H2,17,18,19,20)/b12-8+. The summed E-state index contributed by atoms with van der Waals surface area (Å²) < 4.78 is 0. The minimum absolute atomic E-state index is 0.0923. The number of rotatable bonds is 3. The van der Waals surface area contributed by atoms with Crippen LogP contribution in [0.15, 0.2) is 24.3 Å². The third kappa shape index (κ3) is 3.34. The van der Waals surface area contributed by atoms with Crippen LogP contribution < -0.4 is 10.6 Å². The van der Waals surface area contributed by atoms with E-state index < -0.39 is 0 Å². The molecule has 2 rings (SSSR count). The summed E-state index contributed by atoms with van der Waals surface area (Å²) in [5.74, 6) is 0.787. The van der Waals surface area contributed by atoms with E-state index in [0.29, 0.717) is 11.5 Å². The van der Waals surface area contributed by atoms with E-state index in [4.69, 9.17) is 5.73 Å². The van der Waals surface area contributed by atoms with Crippen LogP contribution >= 0.6 is 0 Å². The van der Waals surface area contributed by atoms with E-state index in [0.717, 1.165) is 11.1 Å². The Labute approximate surface area is 123 Å². The molecule has 0 aliphatic carbocycles. The molecule has 0 unspecified atom stereocenters. The van der Waals surface area contributed by atoms with Crippen LogP contribution in [0.25, 0.3) is 11.6 Å². The third-order valence-corrected chi connectivity index (χ3v) is 2.89. The lowest BCUT2D eigenvalue weighted by molar-refractivity contribution is 0.952. The van der Waals surface area contributed by atoms with Gasteiger partial charge in [-0.2, -0.15) is 20.2 Å². The Hall–Kier alpha value is -2.94. The predicted octanol–water partition coefficient (Wildman–Crippen LogP) is 1.89. The zero-order chi connectivity index (χ0) is 15.4. The van der Waals surface area contributed by atoms with Gasteiger partial charge in [0.1, 0.15) is 6.07 Å². The van der Waals surface area contributed by atoms with Crippen molar-refractivity contribution in [1.82, 2.24) is 15.0 Å². The van der Waals surface area contributed by atoms with Gasteiger partial charge in [-0.05, 0) is 24.1 Å². The minimum atomic E-state index is 0.0923. The SMILES string of the molecule is Cc1ccccc1/C=C(\C#N)c1nc(N)nc(N(C)C)n1. The second kappa shape index (κ2) is 6.01. The van der Waals surface area contributed by atoms with E-state index in [1.807, 2.05) is 31.2 Å². The molecular weight excluding hydrogens is 264 g/mol. The maximum Gasteiger partial charge on any atom is 0.230 e. The molecule has 6 nitrogen and oxygen atoms in total. The molecule has 0 aliphatic heterocycles. The lowest BCUT2D eigenvalue weighted by atomic mass is 10.1. The molecule has 0 aliphatic rings. The normalized spacial score (nSPS) is 11.0. The molecule has 2 aromatic rings. The molecule has 0 amide bonds. The first-order chi connectivity index (χ1) is 10.0. The van der Waals surface area contributed by atoms with Gasteiger partial charge in [0.25, 0.3) is 0 Å². The van der Waals surface area contributed by atoms with E-state index in [1.165, 1.54) is 0 Å². The Morgan fingerprint density at radius 1 is 1.24 bits per heavy atom. The van der Waals surface area contributed by atoms with Gasteiger partial charge in [0.15, 0.2) is 5.82 Å². The summed E-state index contributed by atoms with van der Waals surface area (Å²) >= 11 is 0. The highest BCUT2D eigenvalue weighted by molar-refractivity contribution is 5.87. The summed E-state index contributed by atoms with van der Waals surface area (Å²) in [5.41, 5.74) is 8.05. The van der Waals surface area contributed by atoms with Crippen molar-refractivity contribution >= 4 is 23.5 Å². The summed E-state index contributed by atoms with van der Waals surface area (Å²) in [7, 11) is 3.60. The number of aromatic nitrogens is 3. The molecular formula is C15H16N6. The molecule has 0 spiro atoms. The van der Waals surface area contributed by atoms with Crippen LogP contribution in [-0.4, -0.2) is 29.0 Å². The third-order valence-electron chi connectivity index (χ3n) is 2.89. The molecule has 0 saturated carbocycles. The van der Waals surface area contributed by atoms with Crippen molar-refractivity contribution in [3.8, 4) is 6.07 Å². The number of nitrogen functional groups attached to an aromatic ring is 1. The highest BCUT2D eigenvalue weighted by Crippen LogP contribution is 2.18. The zero-order valence-electron chi connectivity index (χ0n) is 12.2. The van der Waals surface area contributed by atoms with E-state index in [-0.39, 0.29) is 11.8 Å². The molecule has 1 heterocycles. The highest BCUT2D eigenvalue weighted by atomic mass is 15.3. The van der Waals surface area contributed by atoms with Gasteiger partial charge in [-0.1, -0.05) is 24.3 Å². The molecule has 6 heteroatoms. The number of nitrogens with two attached hydrogens (primary N) is 1. The van der Waals surface area contributed by atoms with Crippen molar-refractivity contribution in [3.05, 3.63) is 41.2 Å². The Balaban J connectivity index is 2.53. The van der Waals surface area contributed by atoms with E-state index in [9.17, 15) is 5.26 Å². The number of benzene rings is 1. The quantitative estimate of drug-likeness (QED) is 0.863.